The van der Waals surface area contributed by atoms with Crippen LogP contribution < -0.4 is 4.74 Å². The molecular weight excluding hydrogens is 412 g/mol. The van der Waals surface area contributed by atoms with Crippen LogP contribution in [-0.2, 0) is 13.0 Å². The molecule has 1 saturated carbocycles. The number of hydrogen-bond acceptors (Lipinski definition) is 4. The fraction of sp³-hybridized carbons (Fsp3) is 0.346. The Kier molecular flexibility index (Phi) is 5.09. The second kappa shape index (κ2) is 8.39. The minimum Gasteiger partial charge on any atom is -0.497 e. The molecule has 6 rings (SSSR count). The van der Waals surface area contributed by atoms with Crippen LogP contribution in [0.3, 0.4) is 0 Å². The number of aromatic amines is 2. The van der Waals surface area contributed by atoms with Crippen molar-refractivity contribution >= 4 is 21.8 Å². The molecule has 7 heteroatoms. The molecule has 7 nitrogen and oxygen atoms in total. The van der Waals surface area contributed by atoms with Crippen molar-refractivity contribution in [3.8, 4) is 17.0 Å². The summed E-state index contributed by atoms with van der Waals surface area (Å²) in [5.41, 5.74) is 6.40. The fourth-order valence-electron chi connectivity index (χ4n) is 4.87. The van der Waals surface area contributed by atoms with Crippen molar-refractivity contribution < 1.29 is 4.74 Å². The molecular formula is C26H28N6O. The van der Waals surface area contributed by atoms with Crippen LogP contribution in [0.1, 0.15) is 43.4 Å². The maximum absolute atomic E-state index is 5.44. The van der Waals surface area contributed by atoms with Gasteiger partial charge in [0.25, 0.3) is 0 Å². The van der Waals surface area contributed by atoms with Gasteiger partial charge in [-0.2, -0.15) is 5.10 Å². The highest BCUT2D eigenvalue weighted by atomic mass is 16.5. The Morgan fingerprint density at radius 1 is 1.12 bits per heavy atom. The van der Waals surface area contributed by atoms with Crippen molar-refractivity contribution in [2.24, 2.45) is 5.92 Å². The Balaban J connectivity index is 1.19. The zero-order chi connectivity index (χ0) is 22.2. The predicted molar refractivity (Wildman–Crippen MR) is 129 cm³/mol. The van der Waals surface area contributed by atoms with Gasteiger partial charge in [0.05, 0.1) is 31.6 Å². The number of nitrogens with one attached hydrogen (secondary N) is 2. The lowest BCUT2D eigenvalue weighted by Crippen LogP contribution is -2.10. The summed E-state index contributed by atoms with van der Waals surface area (Å²) in [7, 11) is 1.66. The zero-order valence-corrected chi connectivity index (χ0v) is 18.8. The molecule has 0 saturated heterocycles. The third-order valence-electron chi connectivity index (χ3n) is 6.95. The lowest BCUT2D eigenvalue weighted by molar-refractivity contribution is 0.290. The summed E-state index contributed by atoms with van der Waals surface area (Å²) in [6.07, 6.45) is 11.9. The number of hydrogen-bond donors (Lipinski definition) is 2. The Hall–Kier alpha value is -3.61. The van der Waals surface area contributed by atoms with Gasteiger partial charge in [-0.05, 0) is 47.9 Å². The van der Waals surface area contributed by atoms with Crippen LogP contribution in [0.15, 0.2) is 48.8 Å². The van der Waals surface area contributed by atoms with Gasteiger partial charge in [0.2, 0.25) is 0 Å². The van der Waals surface area contributed by atoms with Crippen LogP contribution in [-0.4, -0.2) is 37.3 Å². The summed E-state index contributed by atoms with van der Waals surface area (Å²) in [5, 5.41) is 18.2. The molecule has 5 aromatic rings. The molecule has 3 heterocycles. The van der Waals surface area contributed by atoms with Crippen LogP contribution in [0.4, 0.5) is 0 Å². The van der Waals surface area contributed by atoms with Crippen molar-refractivity contribution in [2.45, 2.75) is 45.1 Å². The van der Waals surface area contributed by atoms with E-state index in [1.165, 1.54) is 54.3 Å². The monoisotopic (exact) mass is 440 g/mol. The molecule has 0 bridgehead atoms. The lowest BCUT2D eigenvalue weighted by Gasteiger charge is -2.24. The summed E-state index contributed by atoms with van der Waals surface area (Å²) in [5.74, 6) is 1.74. The average Bonchev–Trinajstić information content (AvgIpc) is 3.53. The number of rotatable bonds is 8. The molecule has 0 unspecified atom stereocenters. The van der Waals surface area contributed by atoms with Crippen molar-refractivity contribution in [3.63, 3.8) is 0 Å². The summed E-state index contributed by atoms with van der Waals surface area (Å²) >= 11 is 0. The molecule has 0 amide bonds. The molecule has 0 radical (unpaired) electrons. The lowest BCUT2D eigenvalue weighted by atomic mass is 9.82. The quantitative estimate of drug-likeness (QED) is 0.334. The standard InChI is InChI=1S/C26H28N6O/c1-33-21-12-22(23-14-27-29-25(23)13-21)26-16-32(31-30-26)15-18-8-9-19-11-20(28-24(19)10-18)7-3-6-17-4-2-5-17/h8-14,16-17,28H,2-7,15H2,1H3,(H,27,29). The smallest absolute Gasteiger partial charge is 0.121 e. The van der Waals surface area contributed by atoms with E-state index in [-0.39, 0.29) is 0 Å². The van der Waals surface area contributed by atoms with E-state index in [1.54, 1.807) is 7.11 Å². The Labute approximate surface area is 192 Å². The van der Waals surface area contributed by atoms with E-state index in [4.69, 9.17) is 4.74 Å². The number of aromatic nitrogens is 6. The van der Waals surface area contributed by atoms with E-state index in [1.807, 2.05) is 29.2 Å². The topological polar surface area (TPSA) is 84.4 Å². The van der Waals surface area contributed by atoms with Gasteiger partial charge >= 0.3 is 0 Å². The highest BCUT2D eigenvalue weighted by Crippen LogP contribution is 2.32. The van der Waals surface area contributed by atoms with E-state index in [0.29, 0.717) is 6.54 Å². The van der Waals surface area contributed by atoms with E-state index in [9.17, 15) is 0 Å². The van der Waals surface area contributed by atoms with Gasteiger partial charge < -0.3 is 9.72 Å². The van der Waals surface area contributed by atoms with Gasteiger partial charge in [-0.25, -0.2) is 4.68 Å². The van der Waals surface area contributed by atoms with Gasteiger partial charge in [-0.1, -0.05) is 43.0 Å². The first kappa shape index (κ1) is 20.0. The number of H-pyrrole nitrogens is 2. The molecule has 1 fully saturated rings. The van der Waals surface area contributed by atoms with E-state index >= 15 is 0 Å². The molecule has 2 N–H and O–H groups in total. The highest BCUT2D eigenvalue weighted by molar-refractivity contribution is 5.94. The Morgan fingerprint density at radius 3 is 2.91 bits per heavy atom. The molecule has 33 heavy (non-hydrogen) atoms. The van der Waals surface area contributed by atoms with E-state index in [0.717, 1.165) is 40.2 Å². The van der Waals surface area contributed by atoms with E-state index < -0.39 is 0 Å². The number of nitrogens with zero attached hydrogens (tertiary/aromatic N) is 4. The number of benzene rings is 2. The maximum Gasteiger partial charge on any atom is 0.121 e. The largest absolute Gasteiger partial charge is 0.497 e. The van der Waals surface area contributed by atoms with Gasteiger partial charge in [0.1, 0.15) is 11.4 Å². The molecule has 2 aromatic carbocycles. The highest BCUT2D eigenvalue weighted by Gasteiger charge is 2.16. The summed E-state index contributed by atoms with van der Waals surface area (Å²) < 4.78 is 7.32. The Bertz CT molecular complexity index is 1410. The van der Waals surface area contributed by atoms with Gasteiger partial charge in [0.15, 0.2) is 0 Å². The second-order valence-electron chi connectivity index (χ2n) is 9.21. The van der Waals surface area contributed by atoms with Crippen molar-refractivity contribution in [2.75, 3.05) is 7.11 Å². The normalized spacial score (nSPS) is 14.2. The van der Waals surface area contributed by atoms with Crippen LogP contribution in [0, 0.1) is 5.92 Å². The zero-order valence-electron chi connectivity index (χ0n) is 18.8. The molecule has 168 valence electrons. The summed E-state index contributed by atoms with van der Waals surface area (Å²) in [4.78, 5) is 3.62. The third-order valence-corrected chi connectivity index (χ3v) is 6.95. The number of ether oxygens (including phenoxy) is 1. The van der Waals surface area contributed by atoms with Crippen molar-refractivity contribution in [1.29, 1.82) is 0 Å². The van der Waals surface area contributed by atoms with Gasteiger partial charge in [0, 0.05) is 28.2 Å². The SMILES string of the molecule is COc1cc(-c2cn(Cc3ccc4cc(CCCC5CCC5)[nH]c4c3)nn2)c2cn[nH]c2c1. The molecule has 0 atom stereocenters. The number of methoxy groups -OCH3 is 1. The number of fused-ring (bicyclic) bond motifs is 2. The van der Waals surface area contributed by atoms with Gasteiger partial charge in [-0.15, -0.1) is 5.10 Å². The second-order valence-corrected chi connectivity index (χ2v) is 9.21. The molecule has 1 aliphatic carbocycles. The molecule has 1 aliphatic rings. The van der Waals surface area contributed by atoms with Gasteiger partial charge in [-0.3, -0.25) is 5.10 Å². The third kappa shape index (κ3) is 3.99. The fourth-order valence-corrected chi connectivity index (χ4v) is 4.87. The first-order valence-corrected chi connectivity index (χ1v) is 11.8. The Morgan fingerprint density at radius 2 is 2.06 bits per heavy atom. The summed E-state index contributed by atoms with van der Waals surface area (Å²) in [6, 6.07) is 12.8. The van der Waals surface area contributed by atoms with Crippen molar-refractivity contribution in [1.82, 2.24) is 30.2 Å². The first-order valence-electron chi connectivity index (χ1n) is 11.8. The van der Waals surface area contributed by atoms with E-state index in [2.05, 4.69) is 49.8 Å². The molecule has 0 spiro atoms. The first-order chi connectivity index (χ1) is 16.2. The average molecular weight is 441 g/mol. The van der Waals surface area contributed by atoms with Crippen LogP contribution >= 0.6 is 0 Å². The van der Waals surface area contributed by atoms with Crippen LogP contribution in [0.5, 0.6) is 5.75 Å². The van der Waals surface area contributed by atoms with Crippen molar-refractivity contribution in [3.05, 3.63) is 60.0 Å². The maximum atomic E-state index is 5.44. The minimum atomic E-state index is 0.664. The predicted octanol–water partition coefficient (Wildman–Crippen LogP) is 5.48. The minimum absolute atomic E-state index is 0.664. The van der Waals surface area contributed by atoms with Crippen LogP contribution in [0.25, 0.3) is 33.1 Å². The summed E-state index contributed by atoms with van der Waals surface area (Å²) in [6.45, 7) is 0.664. The number of aryl methyl sites for hydroxylation is 1. The van der Waals surface area contributed by atoms with Crippen LogP contribution in [0.2, 0.25) is 0 Å². The molecule has 3 aromatic heterocycles. The molecule has 0 aliphatic heterocycles.